The van der Waals surface area contributed by atoms with Gasteiger partial charge >= 0.3 is 0 Å². The Bertz CT molecular complexity index is 556. The number of nitriles is 1. The number of hydrogen-bond donors (Lipinski definition) is 0. The van der Waals surface area contributed by atoms with Gasteiger partial charge in [0.05, 0.1) is 13.1 Å². The Hall–Kier alpha value is -1.21. The molecule has 0 atom stereocenters. The van der Waals surface area contributed by atoms with E-state index in [4.69, 9.17) is 0 Å². The molecule has 0 unspecified atom stereocenters. The van der Waals surface area contributed by atoms with Crippen LogP contribution in [-0.2, 0) is 12.8 Å². The van der Waals surface area contributed by atoms with Crippen molar-refractivity contribution in [2.24, 2.45) is 0 Å². The van der Waals surface area contributed by atoms with Crippen molar-refractivity contribution in [3.05, 3.63) is 16.7 Å². The smallest absolute Gasteiger partial charge is 0.262 e. The zero-order valence-corrected chi connectivity index (χ0v) is 13.7. The summed E-state index contributed by atoms with van der Waals surface area (Å²) in [5.74, 6) is 2.32. The van der Waals surface area contributed by atoms with Gasteiger partial charge in [0, 0.05) is 5.56 Å². The van der Waals surface area contributed by atoms with Crippen molar-refractivity contribution in [3.63, 3.8) is 0 Å². The van der Waals surface area contributed by atoms with Gasteiger partial charge in [0.1, 0.15) is 11.6 Å². The van der Waals surface area contributed by atoms with Crippen molar-refractivity contribution in [3.8, 4) is 6.07 Å². The number of aromatic nitrogens is 1. The summed E-state index contributed by atoms with van der Waals surface area (Å²) < 4.78 is 0. The maximum atomic E-state index is 9.61. The highest BCUT2D eigenvalue weighted by atomic mass is 32.2. The fourth-order valence-corrected chi connectivity index (χ4v) is 4.35. The molecule has 0 amide bonds. The van der Waals surface area contributed by atoms with Gasteiger partial charge in [0.25, 0.3) is 5.82 Å². The van der Waals surface area contributed by atoms with E-state index in [1.165, 1.54) is 49.0 Å². The molecule has 112 valence electrons. The normalized spacial score (nSPS) is 18.2. The fourth-order valence-electron chi connectivity index (χ4n) is 3.58. The number of H-pyrrole nitrogens is 1. The number of hydrogen-bond acceptors (Lipinski definition) is 3. The molecule has 1 N–H and O–H groups in total. The monoisotopic (exact) mass is 302 g/mol. The van der Waals surface area contributed by atoms with E-state index in [2.05, 4.69) is 22.9 Å². The number of nitrogens with one attached hydrogen (secondary N) is 1. The van der Waals surface area contributed by atoms with Crippen LogP contribution in [0.1, 0.15) is 55.7 Å². The quantitative estimate of drug-likeness (QED) is 0.804. The summed E-state index contributed by atoms with van der Waals surface area (Å²) in [4.78, 5) is 6.15. The molecular weight excluding hydrogens is 278 g/mol. The molecule has 0 saturated carbocycles. The number of thioether (sulfide) groups is 1. The largest absolute Gasteiger partial charge is 0.278 e. The van der Waals surface area contributed by atoms with Crippen LogP contribution >= 0.6 is 11.8 Å². The molecule has 1 aromatic heterocycles. The van der Waals surface area contributed by atoms with Crippen LogP contribution in [0.2, 0.25) is 0 Å². The van der Waals surface area contributed by atoms with Crippen LogP contribution in [0, 0.1) is 11.3 Å². The lowest BCUT2D eigenvalue weighted by Crippen LogP contribution is -2.37. The summed E-state index contributed by atoms with van der Waals surface area (Å²) in [5, 5.41) is 10.7. The molecule has 4 heteroatoms. The Morgan fingerprint density at radius 3 is 2.48 bits per heavy atom. The van der Waals surface area contributed by atoms with Crippen molar-refractivity contribution in [1.82, 2.24) is 0 Å². The number of rotatable bonds is 3. The Morgan fingerprint density at radius 2 is 1.81 bits per heavy atom. The van der Waals surface area contributed by atoms with E-state index in [9.17, 15) is 5.26 Å². The Balaban J connectivity index is 2.09. The Labute approximate surface area is 131 Å². The summed E-state index contributed by atoms with van der Waals surface area (Å²) in [6.45, 7) is 4.47. The summed E-state index contributed by atoms with van der Waals surface area (Å²) in [6.07, 6.45) is 8.62. The van der Waals surface area contributed by atoms with Crippen molar-refractivity contribution in [1.29, 1.82) is 5.26 Å². The molecule has 0 aromatic carbocycles. The number of aromatic amines is 1. The molecular formula is C17H24N3S+. The molecule has 1 fully saturated rings. The molecule has 1 aliphatic carbocycles. The molecule has 3 nitrogen and oxygen atoms in total. The summed E-state index contributed by atoms with van der Waals surface area (Å²) in [5.41, 5.74) is 3.68. The number of nitrogens with zero attached hydrogens (tertiary/aromatic N) is 2. The highest BCUT2D eigenvalue weighted by molar-refractivity contribution is 7.99. The molecule has 2 heterocycles. The minimum Gasteiger partial charge on any atom is -0.262 e. The van der Waals surface area contributed by atoms with Gasteiger partial charge in [-0.25, -0.2) is 4.98 Å². The van der Waals surface area contributed by atoms with Crippen LogP contribution in [0.3, 0.4) is 0 Å². The lowest BCUT2D eigenvalue weighted by Gasteiger charge is -2.26. The van der Waals surface area contributed by atoms with Crippen LogP contribution in [0.5, 0.6) is 0 Å². The molecule has 0 spiro atoms. The van der Waals surface area contributed by atoms with Gasteiger partial charge in [-0.3, -0.25) is 4.90 Å². The molecule has 0 radical (unpaired) electrons. The van der Waals surface area contributed by atoms with Gasteiger partial charge in [-0.2, -0.15) is 5.26 Å². The van der Waals surface area contributed by atoms with Crippen molar-refractivity contribution >= 4 is 17.6 Å². The van der Waals surface area contributed by atoms with E-state index < -0.39 is 0 Å². The van der Waals surface area contributed by atoms with E-state index >= 15 is 0 Å². The van der Waals surface area contributed by atoms with Gasteiger partial charge in [-0.05, 0) is 56.3 Å². The van der Waals surface area contributed by atoms with Gasteiger partial charge in [-0.15, -0.1) is 0 Å². The predicted octanol–water partition coefficient (Wildman–Crippen LogP) is 3.35. The topological polar surface area (TPSA) is 41.2 Å². The van der Waals surface area contributed by atoms with Crippen LogP contribution in [0.25, 0.3) is 0 Å². The van der Waals surface area contributed by atoms with E-state index in [-0.39, 0.29) is 0 Å². The van der Waals surface area contributed by atoms with Crippen LogP contribution in [0.15, 0.2) is 5.03 Å². The summed E-state index contributed by atoms with van der Waals surface area (Å²) in [7, 11) is 0. The van der Waals surface area contributed by atoms with Crippen molar-refractivity contribution in [2.75, 3.05) is 23.7 Å². The molecule has 3 rings (SSSR count). The number of piperidine rings is 1. The van der Waals surface area contributed by atoms with Crippen molar-refractivity contribution in [2.45, 2.75) is 56.9 Å². The van der Waals surface area contributed by atoms with E-state index in [0.717, 1.165) is 42.3 Å². The summed E-state index contributed by atoms with van der Waals surface area (Å²) >= 11 is 1.77. The van der Waals surface area contributed by atoms with Gasteiger partial charge in [0.15, 0.2) is 5.03 Å². The van der Waals surface area contributed by atoms with Gasteiger partial charge in [0.2, 0.25) is 0 Å². The van der Waals surface area contributed by atoms with Crippen molar-refractivity contribution < 1.29 is 4.98 Å². The first-order valence-corrected chi connectivity index (χ1v) is 9.22. The third-order valence-electron chi connectivity index (χ3n) is 4.59. The third kappa shape index (κ3) is 2.89. The second kappa shape index (κ2) is 6.70. The molecule has 21 heavy (non-hydrogen) atoms. The fraction of sp³-hybridized carbons (Fsp3) is 0.647. The lowest BCUT2D eigenvalue weighted by atomic mass is 9.89. The second-order valence-corrected chi connectivity index (χ2v) is 7.21. The Kier molecular flexibility index (Phi) is 4.70. The number of fused-ring (bicyclic) bond motifs is 1. The van der Waals surface area contributed by atoms with Gasteiger partial charge < -0.3 is 0 Å². The highest BCUT2D eigenvalue weighted by Gasteiger charge is 2.30. The highest BCUT2D eigenvalue weighted by Crippen LogP contribution is 2.34. The predicted molar refractivity (Wildman–Crippen MR) is 86.8 cm³/mol. The molecule has 1 aliphatic heterocycles. The summed E-state index contributed by atoms with van der Waals surface area (Å²) in [6, 6.07) is 2.47. The maximum Gasteiger partial charge on any atom is 0.278 e. The molecule has 2 aliphatic rings. The molecule has 1 aromatic rings. The minimum absolute atomic E-state index is 0.914. The maximum absolute atomic E-state index is 9.61. The molecule has 0 bridgehead atoms. The second-order valence-electron chi connectivity index (χ2n) is 5.93. The van der Waals surface area contributed by atoms with E-state index in [0.29, 0.717) is 0 Å². The van der Waals surface area contributed by atoms with Crippen LogP contribution in [0.4, 0.5) is 5.82 Å². The van der Waals surface area contributed by atoms with Crippen LogP contribution in [-0.4, -0.2) is 18.8 Å². The SMILES string of the molecule is CCSc1[nH+]c(N2CCCCC2)c2c(c1C#N)CCCC2. The average Bonchev–Trinajstić information content (AvgIpc) is 2.55. The Morgan fingerprint density at radius 1 is 1.10 bits per heavy atom. The standard InChI is InChI=1S/C17H23N3S/c1-2-21-17-15(12-18)13-8-4-5-9-14(13)16(19-17)20-10-6-3-7-11-20/h2-11H2,1H3/p+1. The number of pyridine rings is 1. The third-order valence-corrected chi connectivity index (χ3v) is 5.47. The first kappa shape index (κ1) is 14.7. The van der Waals surface area contributed by atoms with E-state index in [1.807, 2.05) is 0 Å². The average molecular weight is 302 g/mol. The first-order chi connectivity index (χ1) is 10.3. The molecule has 1 saturated heterocycles. The van der Waals surface area contributed by atoms with E-state index in [1.54, 1.807) is 11.8 Å². The van der Waals surface area contributed by atoms with Gasteiger partial charge in [-0.1, -0.05) is 18.7 Å². The zero-order valence-electron chi connectivity index (χ0n) is 12.9. The number of anilines is 1. The lowest BCUT2D eigenvalue weighted by molar-refractivity contribution is -0.414. The zero-order chi connectivity index (χ0) is 14.7. The first-order valence-electron chi connectivity index (χ1n) is 8.24. The minimum atomic E-state index is 0.914. The van der Waals surface area contributed by atoms with Crippen LogP contribution < -0.4 is 9.88 Å².